The molecule has 1 saturated carbocycles. The highest BCUT2D eigenvalue weighted by Crippen LogP contribution is 2.39. The quantitative estimate of drug-likeness (QED) is 0.930. The first-order valence-electron chi connectivity index (χ1n) is 7.70. The van der Waals surface area contributed by atoms with Gasteiger partial charge in [0.15, 0.2) is 0 Å². The predicted octanol–water partition coefficient (Wildman–Crippen LogP) is 2.47. The van der Waals surface area contributed by atoms with E-state index in [1.165, 1.54) is 0 Å². The van der Waals surface area contributed by atoms with Crippen LogP contribution in [0.3, 0.4) is 0 Å². The molecule has 2 heterocycles. The summed E-state index contributed by atoms with van der Waals surface area (Å²) >= 11 is 5.99. The molecule has 2 aromatic rings. The van der Waals surface area contributed by atoms with Gasteiger partial charge in [0.05, 0.1) is 12.5 Å². The van der Waals surface area contributed by atoms with Crippen LogP contribution in [0.15, 0.2) is 22.6 Å². The molecule has 0 bridgehead atoms. The fourth-order valence-electron chi connectivity index (χ4n) is 2.67. The smallest absolute Gasteiger partial charge is 0.235 e. The van der Waals surface area contributed by atoms with Gasteiger partial charge in [0.25, 0.3) is 0 Å². The van der Waals surface area contributed by atoms with Crippen LogP contribution in [0.4, 0.5) is 0 Å². The minimum Gasteiger partial charge on any atom is -0.492 e. The Bertz CT molecular complexity index is 742. The summed E-state index contributed by atoms with van der Waals surface area (Å²) in [5, 5.41) is 11.4. The van der Waals surface area contributed by atoms with Gasteiger partial charge in [-0.3, -0.25) is 4.79 Å². The van der Waals surface area contributed by atoms with Crippen LogP contribution in [0.2, 0.25) is 5.02 Å². The van der Waals surface area contributed by atoms with Crippen LogP contribution in [0, 0.1) is 5.92 Å². The van der Waals surface area contributed by atoms with E-state index in [2.05, 4.69) is 15.5 Å². The fourth-order valence-corrected chi connectivity index (χ4v) is 2.87. The highest BCUT2D eigenvalue weighted by molar-refractivity contribution is 6.30. The summed E-state index contributed by atoms with van der Waals surface area (Å²) in [4.78, 5) is 12.3. The van der Waals surface area contributed by atoms with Gasteiger partial charge in [0.1, 0.15) is 12.4 Å². The van der Waals surface area contributed by atoms with E-state index in [1.807, 2.05) is 12.1 Å². The third-order valence-electron chi connectivity index (χ3n) is 4.12. The number of nitrogens with one attached hydrogen (secondary N) is 1. The Hall–Kier alpha value is -2.08. The molecular formula is C16H16ClN3O3. The maximum absolute atomic E-state index is 12.3. The number of carbonyl (C=O) groups is 1. The Morgan fingerprint density at radius 1 is 1.35 bits per heavy atom. The van der Waals surface area contributed by atoms with Crippen LogP contribution >= 0.6 is 11.6 Å². The van der Waals surface area contributed by atoms with Crippen molar-refractivity contribution in [2.75, 3.05) is 6.61 Å². The summed E-state index contributed by atoms with van der Waals surface area (Å²) < 4.78 is 11.2. The lowest BCUT2D eigenvalue weighted by Gasteiger charge is -2.24. The molecular weight excluding hydrogens is 318 g/mol. The summed E-state index contributed by atoms with van der Waals surface area (Å²) in [6.45, 7) is 0.606. The second-order valence-electron chi connectivity index (χ2n) is 5.99. The lowest BCUT2D eigenvalue weighted by atomic mass is 9.96. The topological polar surface area (TPSA) is 77.3 Å². The van der Waals surface area contributed by atoms with Crippen LogP contribution in [-0.2, 0) is 17.8 Å². The van der Waals surface area contributed by atoms with Crippen molar-refractivity contribution in [2.45, 2.75) is 31.7 Å². The van der Waals surface area contributed by atoms with E-state index in [4.69, 9.17) is 20.8 Å². The van der Waals surface area contributed by atoms with E-state index in [1.54, 1.807) is 6.07 Å². The number of hydrogen-bond acceptors (Lipinski definition) is 5. The monoisotopic (exact) mass is 333 g/mol. The molecule has 1 aliphatic carbocycles. The van der Waals surface area contributed by atoms with Crippen molar-refractivity contribution in [3.8, 4) is 5.75 Å². The van der Waals surface area contributed by atoms with Gasteiger partial charge >= 0.3 is 0 Å². The molecule has 2 aliphatic rings. The third kappa shape index (κ3) is 3.17. The number of amides is 1. The Kier molecular flexibility index (Phi) is 3.69. The van der Waals surface area contributed by atoms with E-state index < -0.39 is 0 Å². The number of hydrogen-bond donors (Lipinski definition) is 1. The van der Waals surface area contributed by atoms with Crippen molar-refractivity contribution < 1.29 is 13.9 Å². The third-order valence-corrected chi connectivity index (χ3v) is 4.36. The van der Waals surface area contributed by atoms with Crippen molar-refractivity contribution in [1.29, 1.82) is 0 Å². The van der Waals surface area contributed by atoms with Gasteiger partial charge in [0.2, 0.25) is 17.7 Å². The summed E-state index contributed by atoms with van der Waals surface area (Å²) in [5.41, 5.74) is 0.956. The molecule has 120 valence electrons. The SMILES string of the molecule is O=C(NCc1nnc(C2CC2)o1)C1COc2ccc(Cl)cc2C1. The van der Waals surface area contributed by atoms with Crippen molar-refractivity contribution in [3.05, 3.63) is 40.6 Å². The lowest BCUT2D eigenvalue weighted by molar-refractivity contribution is -0.126. The first kappa shape index (κ1) is 14.5. The Balaban J connectivity index is 1.35. The molecule has 1 unspecified atom stereocenters. The zero-order valence-corrected chi connectivity index (χ0v) is 13.2. The van der Waals surface area contributed by atoms with E-state index in [9.17, 15) is 4.79 Å². The summed E-state index contributed by atoms with van der Waals surface area (Å²) in [6.07, 6.45) is 2.82. The molecule has 1 fully saturated rings. The largest absolute Gasteiger partial charge is 0.492 e. The number of rotatable bonds is 4. The van der Waals surface area contributed by atoms with Crippen molar-refractivity contribution in [2.24, 2.45) is 5.92 Å². The van der Waals surface area contributed by atoms with E-state index in [0.717, 1.165) is 24.2 Å². The zero-order valence-electron chi connectivity index (χ0n) is 12.4. The molecule has 1 aromatic heterocycles. The molecule has 7 heteroatoms. The molecule has 1 N–H and O–H groups in total. The lowest BCUT2D eigenvalue weighted by Crippen LogP contribution is -2.37. The van der Waals surface area contributed by atoms with Crippen molar-refractivity contribution >= 4 is 17.5 Å². The second-order valence-corrected chi connectivity index (χ2v) is 6.43. The molecule has 23 heavy (non-hydrogen) atoms. The second kappa shape index (κ2) is 5.85. The average Bonchev–Trinajstić information content (AvgIpc) is 3.30. The molecule has 0 radical (unpaired) electrons. The maximum Gasteiger partial charge on any atom is 0.235 e. The van der Waals surface area contributed by atoms with Crippen molar-refractivity contribution in [3.63, 3.8) is 0 Å². The van der Waals surface area contributed by atoms with Gasteiger partial charge in [-0.05, 0) is 43.0 Å². The zero-order chi connectivity index (χ0) is 15.8. The number of benzene rings is 1. The number of ether oxygens (including phenoxy) is 1. The molecule has 1 amide bonds. The first-order chi connectivity index (χ1) is 11.2. The summed E-state index contributed by atoms with van der Waals surface area (Å²) in [6, 6.07) is 5.47. The molecule has 1 aromatic carbocycles. The summed E-state index contributed by atoms with van der Waals surface area (Å²) in [5.74, 6) is 2.01. The number of nitrogens with zero attached hydrogens (tertiary/aromatic N) is 2. The maximum atomic E-state index is 12.3. The predicted molar refractivity (Wildman–Crippen MR) is 82.3 cm³/mol. The minimum absolute atomic E-state index is 0.0817. The summed E-state index contributed by atoms with van der Waals surface area (Å²) in [7, 11) is 0. The van der Waals surface area contributed by atoms with Crippen LogP contribution in [0.25, 0.3) is 0 Å². The van der Waals surface area contributed by atoms with Gasteiger partial charge in [0, 0.05) is 10.9 Å². The van der Waals surface area contributed by atoms with Crippen LogP contribution in [-0.4, -0.2) is 22.7 Å². The van der Waals surface area contributed by atoms with Gasteiger partial charge in [-0.25, -0.2) is 0 Å². The molecule has 4 rings (SSSR count). The molecule has 0 spiro atoms. The Morgan fingerprint density at radius 3 is 3.04 bits per heavy atom. The fraction of sp³-hybridized carbons (Fsp3) is 0.438. The van der Waals surface area contributed by atoms with Crippen LogP contribution in [0.5, 0.6) is 5.75 Å². The first-order valence-corrected chi connectivity index (χ1v) is 8.08. The molecule has 1 aliphatic heterocycles. The average molecular weight is 334 g/mol. The van der Waals surface area contributed by atoms with Gasteiger partial charge in [-0.15, -0.1) is 10.2 Å². The number of carbonyl (C=O) groups excluding carboxylic acids is 1. The number of fused-ring (bicyclic) bond motifs is 1. The Labute approximate surface area is 138 Å². The normalized spacial score (nSPS) is 19.8. The van der Waals surface area contributed by atoms with Crippen molar-refractivity contribution in [1.82, 2.24) is 15.5 Å². The van der Waals surface area contributed by atoms with E-state index in [0.29, 0.717) is 35.7 Å². The highest BCUT2D eigenvalue weighted by atomic mass is 35.5. The van der Waals surface area contributed by atoms with Gasteiger partial charge in [-0.1, -0.05) is 11.6 Å². The Morgan fingerprint density at radius 2 is 2.22 bits per heavy atom. The molecule has 6 nitrogen and oxygen atoms in total. The standard InChI is InChI=1S/C16H16ClN3O3/c17-12-3-4-13-10(6-12)5-11(8-22-13)15(21)18-7-14-19-20-16(23-14)9-1-2-9/h3-4,6,9,11H,1-2,5,7-8H2,(H,18,21). The van der Waals surface area contributed by atoms with Gasteiger partial charge < -0.3 is 14.5 Å². The minimum atomic E-state index is -0.244. The van der Waals surface area contributed by atoms with Gasteiger partial charge in [-0.2, -0.15) is 0 Å². The highest BCUT2D eigenvalue weighted by Gasteiger charge is 2.30. The van der Waals surface area contributed by atoms with E-state index in [-0.39, 0.29) is 18.4 Å². The number of halogens is 1. The van der Waals surface area contributed by atoms with E-state index >= 15 is 0 Å². The van der Waals surface area contributed by atoms with Crippen LogP contribution < -0.4 is 10.1 Å². The van der Waals surface area contributed by atoms with Crippen LogP contribution in [0.1, 0.15) is 36.1 Å². The number of aromatic nitrogens is 2. The molecule has 0 saturated heterocycles. The molecule has 1 atom stereocenters.